The zero-order chi connectivity index (χ0) is 39.9. The van der Waals surface area contributed by atoms with Crippen LogP contribution in [0.25, 0.3) is 11.1 Å². The number of alkyl halides is 1. The summed E-state index contributed by atoms with van der Waals surface area (Å²) in [4.78, 5) is 59.6. The second-order valence-corrected chi connectivity index (χ2v) is 16.7. The molecule has 4 aromatic rings. The Morgan fingerprint density at radius 3 is 1.98 bits per heavy atom. The Balaban J connectivity index is 0.834. The molecule has 4 aromatic carbocycles. The number of rotatable bonds is 10. The van der Waals surface area contributed by atoms with E-state index in [1.165, 1.54) is 11.3 Å². The van der Waals surface area contributed by atoms with Gasteiger partial charge < -0.3 is 14.9 Å². The molecule has 10 nitrogen and oxygen atoms in total. The Morgan fingerprint density at radius 1 is 0.690 bits per heavy atom. The molecule has 0 radical (unpaired) electrons. The molecule has 0 spiro atoms. The summed E-state index contributed by atoms with van der Waals surface area (Å²) in [5.74, 6) is -0.536. The quantitative estimate of drug-likeness (QED) is 0.101. The number of piperidine rings is 2. The van der Waals surface area contributed by atoms with Crippen LogP contribution in [-0.4, -0.2) is 95.3 Å². The van der Waals surface area contributed by atoms with Crippen LogP contribution in [0.15, 0.2) is 97.1 Å². The Labute approximate surface area is 344 Å². The van der Waals surface area contributed by atoms with Crippen LogP contribution in [0, 0.1) is 5.92 Å². The molecular weight excluding hydrogens is 750 g/mol. The van der Waals surface area contributed by atoms with Crippen LogP contribution in [0.1, 0.15) is 82.4 Å². The molecule has 0 saturated carbocycles. The number of phenolic OH excluding ortho intramolecular Hbond substituents is 1. The van der Waals surface area contributed by atoms with Crippen molar-refractivity contribution < 1.29 is 24.3 Å². The van der Waals surface area contributed by atoms with Crippen LogP contribution in [0.4, 0.5) is 11.4 Å². The minimum Gasteiger partial charge on any atom is -0.508 e. The molecule has 0 aliphatic carbocycles. The standard InChI is InChI=1S/C47H48ClN5O5/c48-23-20-39(31-4-2-1-3-5-31)44(33-8-15-38(54)16-9-33)32-6-10-34(11-7-32)50-24-21-30(22-25-50)27-52-36-12-13-37(52)29-51(28-36)35-14-17-40-41(26-35)47(58)53(46(40)57)42-18-19-43(55)49-45(42)56/h1-11,14-17,26,30,36-37,42,54H,12-13,18-25,27-29H2,(H,49,55,56). The minimum atomic E-state index is -0.964. The molecule has 9 rings (SSSR count). The maximum atomic E-state index is 13.5. The highest BCUT2D eigenvalue weighted by atomic mass is 35.5. The van der Waals surface area contributed by atoms with E-state index in [2.05, 4.69) is 68.5 Å². The lowest BCUT2D eigenvalue weighted by Gasteiger charge is -2.44. The molecular formula is C47H48ClN5O5. The van der Waals surface area contributed by atoms with Crippen LogP contribution >= 0.6 is 11.6 Å². The third-order valence-electron chi connectivity index (χ3n) is 13.0. The zero-order valence-corrected chi connectivity index (χ0v) is 33.2. The lowest BCUT2D eigenvalue weighted by atomic mass is 9.88. The first-order chi connectivity index (χ1) is 28.2. The SMILES string of the molecule is O=C1CCC(N2C(=O)c3ccc(N4CC5CCC(C4)N5CC4CCN(c5ccc(C(=C(CCCl)c6ccccc6)c6ccc(O)cc6)cc5)CC4)cc3C2=O)C(=O)N1. The fourth-order valence-electron chi connectivity index (χ4n) is 9.96. The fraction of sp³-hybridized carbons (Fsp3) is 0.362. The number of nitrogens with zero attached hydrogens (tertiary/aromatic N) is 4. The molecule has 3 unspecified atom stereocenters. The number of allylic oxidation sites excluding steroid dienone is 1. The number of halogens is 1. The molecule has 5 heterocycles. The number of carbonyl (C=O) groups is 4. The smallest absolute Gasteiger partial charge is 0.262 e. The number of nitrogens with one attached hydrogen (secondary N) is 1. The molecule has 58 heavy (non-hydrogen) atoms. The van der Waals surface area contributed by atoms with Crippen molar-refractivity contribution in [3.63, 3.8) is 0 Å². The lowest BCUT2D eigenvalue weighted by molar-refractivity contribution is -0.136. The van der Waals surface area contributed by atoms with Gasteiger partial charge in [-0.05, 0) is 115 Å². The van der Waals surface area contributed by atoms with Gasteiger partial charge in [-0.3, -0.25) is 34.3 Å². The predicted molar refractivity (Wildman–Crippen MR) is 226 cm³/mol. The monoisotopic (exact) mass is 797 g/mol. The van der Waals surface area contributed by atoms with Crippen molar-refractivity contribution in [3.8, 4) is 5.75 Å². The van der Waals surface area contributed by atoms with Crippen LogP contribution in [0.5, 0.6) is 5.75 Å². The van der Waals surface area contributed by atoms with E-state index in [9.17, 15) is 24.3 Å². The number of benzene rings is 4. The van der Waals surface area contributed by atoms with E-state index in [1.54, 1.807) is 18.2 Å². The number of carbonyl (C=O) groups excluding carboxylic acids is 4. The van der Waals surface area contributed by atoms with Crippen molar-refractivity contribution in [2.75, 3.05) is 48.4 Å². The lowest BCUT2D eigenvalue weighted by Crippen LogP contribution is -2.55. The summed E-state index contributed by atoms with van der Waals surface area (Å²) in [6.45, 7) is 4.87. The van der Waals surface area contributed by atoms with Crippen molar-refractivity contribution in [1.82, 2.24) is 15.1 Å². The molecule has 4 fully saturated rings. The summed E-state index contributed by atoms with van der Waals surface area (Å²) < 4.78 is 0. The van der Waals surface area contributed by atoms with Gasteiger partial charge in [0.2, 0.25) is 11.8 Å². The number of amides is 4. The number of anilines is 2. The largest absolute Gasteiger partial charge is 0.508 e. The van der Waals surface area contributed by atoms with E-state index in [4.69, 9.17) is 11.6 Å². The highest BCUT2D eigenvalue weighted by molar-refractivity contribution is 6.23. The second-order valence-electron chi connectivity index (χ2n) is 16.3. The number of fused-ring (bicyclic) bond motifs is 3. The summed E-state index contributed by atoms with van der Waals surface area (Å²) in [5, 5.41) is 12.3. The number of hydrogen-bond donors (Lipinski definition) is 2. The molecule has 4 amide bonds. The van der Waals surface area contributed by atoms with Crippen LogP contribution in [0.3, 0.4) is 0 Å². The van der Waals surface area contributed by atoms with Crippen molar-refractivity contribution in [3.05, 3.63) is 125 Å². The third-order valence-corrected chi connectivity index (χ3v) is 13.1. The molecule has 3 atom stereocenters. The Bertz CT molecular complexity index is 2240. The highest BCUT2D eigenvalue weighted by Crippen LogP contribution is 2.39. The summed E-state index contributed by atoms with van der Waals surface area (Å²) in [6.07, 6.45) is 5.54. The van der Waals surface area contributed by atoms with E-state index in [0.29, 0.717) is 35.0 Å². The highest BCUT2D eigenvalue weighted by Gasteiger charge is 2.46. The van der Waals surface area contributed by atoms with Gasteiger partial charge in [0.1, 0.15) is 11.8 Å². The molecule has 298 valence electrons. The van der Waals surface area contributed by atoms with Gasteiger partial charge in [0.25, 0.3) is 11.8 Å². The Kier molecular flexibility index (Phi) is 10.6. The molecule has 2 bridgehead atoms. The van der Waals surface area contributed by atoms with E-state index >= 15 is 0 Å². The first kappa shape index (κ1) is 38.1. The average molecular weight is 798 g/mol. The zero-order valence-electron chi connectivity index (χ0n) is 32.5. The van der Waals surface area contributed by atoms with E-state index in [-0.39, 0.29) is 24.5 Å². The predicted octanol–water partition coefficient (Wildman–Crippen LogP) is 6.95. The number of phenols is 1. The van der Waals surface area contributed by atoms with E-state index < -0.39 is 23.8 Å². The van der Waals surface area contributed by atoms with Gasteiger partial charge in [-0.1, -0.05) is 54.6 Å². The normalized spacial score (nSPS) is 23.0. The van der Waals surface area contributed by atoms with Gasteiger partial charge in [0.15, 0.2) is 0 Å². The third kappa shape index (κ3) is 7.28. The van der Waals surface area contributed by atoms with Crippen molar-refractivity contribution in [2.45, 2.75) is 63.1 Å². The van der Waals surface area contributed by atoms with Crippen LogP contribution < -0.4 is 15.1 Å². The maximum Gasteiger partial charge on any atom is 0.262 e. The first-order valence-corrected chi connectivity index (χ1v) is 21.1. The Morgan fingerprint density at radius 2 is 1.33 bits per heavy atom. The summed E-state index contributed by atoms with van der Waals surface area (Å²) in [5.41, 5.74) is 8.43. The molecule has 5 aliphatic rings. The molecule has 2 N–H and O–H groups in total. The van der Waals surface area contributed by atoms with Crippen LogP contribution in [-0.2, 0) is 9.59 Å². The van der Waals surface area contributed by atoms with Crippen LogP contribution in [0.2, 0.25) is 0 Å². The molecule has 11 heteroatoms. The van der Waals surface area contributed by atoms with Gasteiger partial charge in [-0.25, -0.2) is 0 Å². The molecule has 0 aromatic heterocycles. The summed E-state index contributed by atoms with van der Waals surface area (Å²) >= 11 is 6.37. The number of hydrogen-bond acceptors (Lipinski definition) is 8. The maximum absolute atomic E-state index is 13.5. The number of imide groups is 2. The van der Waals surface area contributed by atoms with Gasteiger partial charge in [0, 0.05) is 68.5 Å². The summed E-state index contributed by atoms with van der Waals surface area (Å²) in [7, 11) is 0. The van der Waals surface area contributed by atoms with E-state index in [1.807, 2.05) is 30.3 Å². The second kappa shape index (κ2) is 16.1. The van der Waals surface area contributed by atoms with Gasteiger partial charge in [-0.2, -0.15) is 0 Å². The topological polar surface area (TPSA) is 114 Å². The van der Waals surface area contributed by atoms with Gasteiger partial charge in [-0.15, -0.1) is 11.6 Å². The van der Waals surface area contributed by atoms with Crippen molar-refractivity contribution >= 4 is 57.8 Å². The number of aromatic hydroxyl groups is 1. The average Bonchev–Trinajstić information content (AvgIpc) is 3.62. The van der Waals surface area contributed by atoms with Gasteiger partial charge >= 0.3 is 0 Å². The molecule has 5 aliphatic heterocycles. The van der Waals surface area contributed by atoms with Crippen molar-refractivity contribution in [2.24, 2.45) is 5.92 Å². The molecule has 4 saturated heterocycles. The minimum absolute atomic E-state index is 0.101. The summed E-state index contributed by atoms with van der Waals surface area (Å²) in [6, 6.07) is 32.2. The first-order valence-electron chi connectivity index (χ1n) is 20.6. The number of piperazine rings is 1. The Hall–Kier alpha value is -5.45. The van der Waals surface area contributed by atoms with Crippen molar-refractivity contribution in [1.29, 1.82) is 0 Å². The van der Waals surface area contributed by atoms with E-state index in [0.717, 1.165) is 97.7 Å². The fourth-order valence-corrected chi connectivity index (χ4v) is 10.1. The van der Waals surface area contributed by atoms with Gasteiger partial charge in [0.05, 0.1) is 11.1 Å².